The molecule has 0 amide bonds. The Balaban J connectivity index is 2.38. The SMILES string of the molecule is CC(C)(C)c1ccc2[nH]c3ncccc3c2c1. The van der Waals surface area contributed by atoms with Gasteiger partial charge in [0.1, 0.15) is 5.65 Å². The van der Waals surface area contributed by atoms with Gasteiger partial charge in [0.25, 0.3) is 0 Å². The van der Waals surface area contributed by atoms with Crippen LogP contribution in [0, 0.1) is 0 Å². The summed E-state index contributed by atoms with van der Waals surface area (Å²) in [6.45, 7) is 6.71. The number of hydrogen-bond acceptors (Lipinski definition) is 1. The number of rotatable bonds is 0. The van der Waals surface area contributed by atoms with Crippen molar-refractivity contribution in [2.75, 3.05) is 0 Å². The molecule has 2 heterocycles. The molecule has 0 saturated heterocycles. The van der Waals surface area contributed by atoms with Crippen molar-refractivity contribution < 1.29 is 0 Å². The summed E-state index contributed by atoms with van der Waals surface area (Å²) in [5, 5.41) is 2.47. The van der Waals surface area contributed by atoms with E-state index in [1.165, 1.54) is 16.3 Å². The molecule has 0 saturated carbocycles. The molecule has 0 fully saturated rings. The Hall–Kier alpha value is -1.83. The lowest BCUT2D eigenvalue weighted by Gasteiger charge is -2.18. The van der Waals surface area contributed by atoms with Crippen molar-refractivity contribution in [1.29, 1.82) is 0 Å². The summed E-state index contributed by atoms with van der Waals surface area (Å²) in [5.74, 6) is 0. The van der Waals surface area contributed by atoms with E-state index in [0.29, 0.717) is 0 Å². The highest BCUT2D eigenvalue weighted by molar-refractivity contribution is 6.05. The van der Waals surface area contributed by atoms with Crippen LogP contribution in [0.15, 0.2) is 36.5 Å². The van der Waals surface area contributed by atoms with Crippen molar-refractivity contribution in [2.24, 2.45) is 0 Å². The summed E-state index contributed by atoms with van der Waals surface area (Å²) in [4.78, 5) is 7.70. The normalized spacial score (nSPS) is 12.4. The monoisotopic (exact) mass is 224 g/mol. The highest BCUT2D eigenvalue weighted by Crippen LogP contribution is 2.29. The van der Waals surface area contributed by atoms with Crippen LogP contribution in [0.4, 0.5) is 0 Å². The molecule has 17 heavy (non-hydrogen) atoms. The number of H-pyrrole nitrogens is 1. The average Bonchev–Trinajstić information content (AvgIpc) is 2.65. The second-order valence-corrected chi connectivity index (χ2v) is 5.53. The molecule has 0 aliphatic rings. The zero-order chi connectivity index (χ0) is 12.0. The molecule has 0 aliphatic carbocycles. The molecule has 0 bridgehead atoms. The van der Waals surface area contributed by atoms with E-state index in [4.69, 9.17) is 0 Å². The molecule has 0 unspecified atom stereocenters. The van der Waals surface area contributed by atoms with Gasteiger partial charge in [-0.1, -0.05) is 26.8 Å². The van der Waals surface area contributed by atoms with Crippen LogP contribution >= 0.6 is 0 Å². The Bertz CT molecular complexity index is 687. The van der Waals surface area contributed by atoms with Crippen LogP contribution in [0.5, 0.6) is 0 Å². The first-order valence-electron chi connectivity index (χ1n) is 5.93. The predicted octanol–water partition coefficient (Wildman–Crippen LogP) is 4.01. The molecule has 0 spiro atoms. The van der Waals surface area contributed by atoms with Crippen LogP contribution in [0.1, 0.15) is 26.3 Å². The minimum atomic E-state index is 0.181. The molecule has 0 atom stereocenters. The van der Waals surface area contributed by atoms with Crippen LogP contribution in [-0.2, 0) is 5.41 Å². The Kier molecular flexibility index (Phi) is 2.02. The molecular formula is C15H16N2. The van der Waals surface area contributed by atoms with Gasteiger partial charge in [0.2, 0.25) is 0 Å². The van der Waals surface area contributed by atoms with E-state index in [1.54, 1.807) is 0 Å². The molecule has 2 nitrogen and oxygen atoms in total. The van der Waals surface area contributed by atoms with Gasteiger partial charge in [-0.15, -0.1) is 0 Å². The largest absolute Gasteiger partial charge is 0.339 e. The zero-order valence-corrected chi connectivity index (χ0v) is 10.4. The van der Waals surface area contributed by atoms with Gasteiger partial charge < -0.3 is 4.98 Å². The highest BCUT2D eigenvalue weighted by Gasteiger charge is 2.15. The Morgan fingerprint density at radius 1 is 1.06 bits per heavy atom. The fraction of sp³-hybridized carbons (Fsp3) is 0.267. The van der Waals surface area contributed by atoms with E-state index in [1.807, 2.05) is 12.3 Å². The van der Waals surface area contributed by atoms with Gasteiger partial charge in [-0.05, 0) is 35.2 Å². The van der Waals surface area contributed by atoms with Crippen molar-refractivity contribution in [3.05, 3.63) is 42.1 Å². The van der Waals surface area contributed by atoms with Gasteiger partial charge in [-0.3, -0.25) is 0 Å². The third kappa shape index (κ3) is 1.60. The van der Waals surface area contributed by atoms with Crippen LogP contribution in [0.25, 0.3) is 21.9 Å². The highest BCUT2D eigenvalue weighted by atomic mass is 14.8. The van der Waals surface area contributed by atoms with Crippen LogP contribution in [0.3, 0.4) is 0 Å². The molecule has 0 radical (unpaired) electrons. The van der Waals surface area contributed by atoms with Crippen molar-refractivity contribution in [3.63, 3.8) is 0 Å². The molecule has 2 aromatic heterocycles. The maximum Gasteiger partial charge on any atom is 0.138 e. The Morgan fingerprint density at radius 2 is 1.88 bits per heavy atom. The first-order valence-corrected chi connectivity index (χ1v) is 5.93. The number of aromatic amines is 1. The summed E-state index contributed by atoms with van der Waals surface area (Å²) in [6.07, 6.45) is 1.82. The Morgan fingerprint density at radius 3 is 2.65 bits per heavy atom. The number of fused-ring (bicyclic) bond motifs is 3. The van der Waals surface area contributed by atoms with Crippen LogP contribution < -0.4 is 0 Å². The maximum atomic E-state index is 4.35. The second-order valence-electron chi connectivity index (χ2n) is 5.53. The van der Waals surface area contributed by atoms with Crippen molar-refractivity contribution in [3.8, 4) is 0 Å². The smallest absolute Gasteiger partial charge is 0.138 e. The number of benzene rings is 1. The van der Waals surface area contributed by atoms with E-state index < -0.39 is 0 Å². The van der Waals surface area contributed by atoms with E-state index >= 15 is 0 Å². The lowest BCUT2D eigenvalue weighted by molar-refractivity contribution is 0.591. The molecule has 3 aromatic rings. The number of hydrogen-bond donors (Lipinski definition) is 1. The third-order valence-corrected chi connectivity index (χ3v) is 3.24. The van der Waals surface area contributed by atoms with Crippen LogP contribution in [0.2, 0.25) is 0 Å². The summed E-state index contributed by atoms with van der Waals surface area (Å²) < 4.78 is 0. The quantitative estimate of drug-likeness (QED) is 0.614. The van der Waals surface area contributed by atoms with Crippen molar-refractivity contribution in [1.82, 2.24) is 9.97 Å². The van der Waals surface area contributed by atoms with Gasteiger partial charge in [0, 0.05) is 22.5 Å². The van der Waals surface area contributed by atoms with Gasteiger partial charge in [-0.2, -0.15) is 0 Å². The minimum absolute atomic E-state index is 0.181. The molecule has 0 aliphatic heterocycles. The molecule has 2 heteroatoms. The zero-order valence-electron chi connectivity index (χ0n) is 10.4. The lowest BCUT2D eigenvalue weighted by atomic mass is 9.86. The standard InChI is InChI=1S/C15H16N2/c1-15(2,3)10-6-7-13-12(9-10)11-5-4-8-16-14(11)17-13/h4-9H,1-3H3,(H,16,17). The van der Waals surface area contributed by atoms with E-state index in [2.05, 4.69) is 55.0 Å². The van der Waals surface area contributed by atoms with Crippen molar-refractivity contribution in [2.45, 2.75) is 26.2 Å². The minimum Gasteiger partial charge on any atom is -0.339 e. The van der Waals surface area contributed by atoms with Gasteiger partial charge in [-0.25, -0.2) is 4.98 Å². The molecule has 86 valence electrons. The fourth-order valence-electron chi connectivity index (χ4n) is 2.19. The lowest BCUT2D eigenvalue weighted by Crippen LogP contribution is -2.10. The first kappa shape index (κ1) is 10.3. The van der Waals surface area contributed by atoms with E-state index in [-0.39, 0.29) is 5.41 Å². The van der Waals surface area contributed by atoms with E-state index in [9.17, 15) is 0 Å². The fourth-order valence-corrected chi connectivity index (χ4v) is 2.19. The number of pyridine rings is 1. The molecular weight excluding hydrogens is 208 g/mol. The second kappa shape index (κ2) is 3.33. The third-order valence-electron chi connectivity index (χ3n) is 3.24. The summed E-state index contributed by atoms with van der Waals surface area (Å²) in [6, 6.07) is 10.7. The topological polar surface area (TPSA) is 28.7 Å². The van der Waals surface area contributed by atoms with Crippen LogP contribution in [-0.4, -0.2) is 9.97 Å². The average molecular weight is 224 g/mol. The van der Waals surface area contributed by atoms with Gasteiger partial charge in [0.05, 0.1) is 0 Å². The number of nitrogens with one attached hydrogen (secondary N) is 1. The summed E-state index contributed by atoms with van der Waals surface area (Å²) >= 11 is 0. The Labute approximate surface area is 101 Å². The molecule has 3 rings (SSSR count). The maximum absolute atomic E-state index is 4.35. The number of nitrogens with zero attached hydrogens (tertiary/aromatic N) is 1. The summed E-state index contributed by atoms with van der Waals surface area (Å²) in [5.41, 5.74) is 3.66. The molecule has 1 N–H and O–H groups in total. The summed E-state index contributed by atoms with van der Waals surface area (Å²) in [7, 11) is 0. The van der Waals surface area contributed by atoms with Gasteiger partial charge >= 0.3 is 0 Å². The van der Waals surface area contributed by atoms with Gasteiger partial charge in [0.15, 0.2) is 0 Å². The van der Waals surface area contributed by atoms with E-state index in [0.717, 1.165) is 11.2 Å². The first-order chi connectivity index (χ1) is 8.05. The predicted molar refractivity (Wildman–Crippen MR) is 72.3 cm³/mol. The number of aromatic nitrogens is 2. The van der Waals surface area contributed by atoms with Crippen molar-refractivity contribution >= 4 is 21.9 Å². The molecule has 1 aromatic carbocycles.